The molecular formula is C16H18ClNO2. The van der Waals surface area contributed by atoms with E-state index in [1.54, 1.807) is 7.11 Å². The van der Waals surface area contributed by atoms with Gasteiger partial charge in [0, 0.05) is 12.2 Å². The molecule has 0 bridgehead atoms. The molecule has 0 heterocycles. The predicted molar refractivity (Wildman–Crippen MR) is 82.9 cm³/mol. The number of halogens is 1. The van der Waals surface area contributed by atoms with Crippen molar-refractivity contribution in [1.82, 2.24) is 0 Å². The highest BCUT2D eigenvalue weighted by molar-refractivity contribution is 6.32. The van der Waals surface area contributed by atoms with Crippen molar-refractivity contribution in [3.05, 3.63) is 53.1 Å². The van der Waals surface area contributed by atoms with Gasteiger partial charge in [-0.1, -0.05) is 23.7 Å². The van der Waals surface area contributed by atoms with Crippen molar-refractivity contribution < 1.29 is 9.47 Å². The van der Waals surface area contributed by atoms with E-state index in [-0.39, 0.29) is 0 Å². The molecule has 0 aromatic heterocycles. The second-order valence-corrected chi connectivity index (χ2v) is 4.69. The van der Waals surface area contributed by atoms with Gasteiger partial charge in [0.1, 0.15) is 11.5 Å². The quantitative estimate of drug-likeness (QED) is 0.858. The Morgan fingerprint density at radius 1 is 1.15 bits per heavy atom. The van der Waals surface area contributed by atoms with Gasteiger partial charge in [-0.25, -0.2) is 0 Å². The van der Waals surface area contributed by atoms with E-state index in [1.807, 2.05) is 49.4 Å². The van der Waals surface area contributed by atoms with Crippen molar-refractivity contribution in [2.75, 3.05) is 19.0 Å². The molecule has 0 saturated carbocycles. The minimum absolute atomic E-state index is 0.607. The maximum atomic E-state index is 6.15. The Balaban J connectivity index is 2.01. The van der Waals surface area contributed by atoms with Crippen LogP contribution >= 0.6 is 11.6 Å². The zero-order chi connectivity index (χ0) is 14.4. The van der Waals surface area contributed by atoms with Crippen LogP contribution in [0.1, 0.15) is 12.5 Å². The largest absolute Gasteiger partial charge is 0.497 e. The van der Waals surface area contributed by atoms with E-state index in [4.69, 9.17) is 21.1 Å². The molecular weight excluding hydrogens is 274 g/mol. The highest BCUT2D eigenvalue weighted by Gasteiger charge is 2.03. The number of benzene rings is 2. The number of methoxy groups -OCH3 is 1. The molecule has 0 spiro atoms. The third-order valence-electron chi connectivity index (χ3n) is 2.86. The summed E-state index contributed by atoms with van der Waals surface area (Å²) in [6, 6.07) is 13.6. The maximum Gasteiger partial charge on any atom is 0.138 e. The summed E-state index contributed by atoms with van der Waals surface area (Å²) in [6.07, 6.45) is 0. The summed E-state index contributed by atoms with van der Waals surface area (Å²) in [5.74, 6) is 1.56. The highest BCUT2D eigenvalue weighted by Crippen LogP contribution is 2.28. The van der Waals surface area contributed by atoms with Crippen LogP contribution in [0.2, 0.25) is 5.02 Å². The van der Waals surface area contributed by atoms with Crippen LogP contribution in [0.15, 0.2) is 42.5 Å². The molecule has 0 fully saturated rings. The molecule has 2 aromatic rings. The lowest BCUT2D eigenvalue weighted by molar-refractivity contribution is 0.340. The maximum absolute atomic E-state index is 6.15. The average Bonchev–Trinajstić information content (AvgIpc) is 2.48. The van der Waals surface area contributed by atoms with Gasteiger partial charge in [0.15, 0.2) is 0 Å². The van der Waals surface area contributed by atoms with E-state index < -0.39 is 0 Å². The van der Waals surface area contributed by atoms with Gasteiger partial charge >= 0.3 is 0 Å². The molecule has 0 atom stereocenters. The molecule has 0 unspecified atom stereocenters. The van der Waals surface area contributed by atoms with Crippen LogP contribution in [0.4, 0.5) is 5.69 Å². The number of nitrogens with one attached hydrogen (secondary N) is 1. The van der Waals surface area contributed by atoms with E-state index in [0.717, 1.165) is 17.0 Å². The van der Waals surface area contributed by atoms with Crippen LogP contribution in [0.25, 0.3) is 0 Å². The van der Waals surface area contributed by atoms with Gasteiger partial charge in [0.25, 0.3) is 0 Å². The first-order valence-electron chi connectivity index (χ1n) is 6.52. The molecule has 1 N–H and O–H groups in total. The lowest BCUT2D eigenvalue weighted by Gasteiger charge is -2.10. The van der Waals surface area contributed by atoms with Crippen LogP contribution in [0, 0.1) is 0 Å². The Morgan fingerprint density at radius 2 is 2.00 bits per heavy atom. The molecule has 0 saturated heterocycles. The molecule has 2 rings (SSSR count). The summed E-state index contributed by atoms with van der Waals surface area (Å²) < 4.78 is 10.6. The lowest BCUT2D eigenvalue weighted by Crippen LogP contribution is -2.00. The minimum Gasteiger partial charge on any atom is -0.497 e. The summed E-state index contributed by atoms with van der Waals surface area (Å²) in [6.45, 7) is 3.25. The van der Waals surface area contributed by atoms with Crippen molar-refractivity contribution in [3.8, 4) is 11.5 Å². The zero-order valence-corrected chi connectivity index (χ0v) is 12.4. The van der Waals surface area contributed by atoms with E-state index in [9.17, 15) is 0 Å². The molecule has 0 aliphatic heterocycles. The predicted octanol–water partition coefficient (Wildman–Crippen LogP) is 4.36. The van der Waals surface area contributed by atoms with Crippen LogP contribution in [0.5, 0.6) is 11.5 Å². The Hall–Kier alpha value is -1.87. The fourth-order valence-electron chi connectivity index (χ4n) is 1.87. The molecule has 0 aliphatic carbocycles. The van der Waals surface area contributed by atoms with Crippen LogP contribution in [0.3, 0.4) is 0 Å². The Kier molecular flexibility index (Phi) is 5.13. The molecule has 0 amide bonds. The molecule has 3 nitrogen and oxygen atoms in total. The van der Waals surface area contributed by atoms with Crippen molar-refractivity contribution in [1.29, 1.82) is 0 Å². The second kappa shape index (κ2) is 7.06. The number of rotatable bonds is 6. The summed E-state index contributed by atoms with van der Waals surface area (Å²) in [4.78, 5) is 0. The van der Waals surface area contributed by atoms with Gasteiger partial charge in [0.2, 0.25) is 0 Å². The average molecular weight is 292 g/mol. The Bertz CT molecular complexity index is 572. The van der Waals surface area contributed by atoms with Gasteiger partial charge in [-0.2, -0.15) is 0 Å². The highest BCUT2D eigenvalue weighted by atomic mass is 35.5. The van der Waals surface area contributed by atoms with E-state index >= 15 is 0 Å². The Labute approximate surface area is 124 Å². The first-order valence-corrected chi connectivity index (χ1v) is 6.90. The van der Waals surface area contributed by atoms with Crippen LogP contribution in [-0.4, -0.2) is 13.7 Å². The third kappa shape index (κ3) is 3.81. The van der Waals surface area contributed by atoms with Crippen molar-refractivity contribution in [2.24, 2.45) is 0 Å². The topological polar surface area (TPSA) is 30.5 Å². The number of hydrogen-bond acceptors (Lipinski definition) is 3. The van der Waals surface area contributed by atoms with Crippen LogP contribution < -0.4 is 14.8 Å². The van der Waals surface area contributed by atoms with Gasteiger partial charge in [-0.05, 0) is 42.8 Å². The number of anilines is 1. The minimum atomic E-state index is 0.607. The molecule has 0 radical (unpaired) electrons. The van der Waals surface area contributed by atoms with Gasteiger partial charge in [-0.3, -0.25) is 0 Å². The molecule has 4 heteroatoms. The van der Waals surface area contributed by atoms with E-state index in [0.29, 0.717) is 23.9 Å². The standard InChI is InChI=1S/C16H18ClNO2/c1-3-20-16-8-7-13(10-15(16)17)18-11-12-5-4-6-14(9-12)19-2/h4-10,18H,3,11H2,1-2H3. The first kappa shape index (κ1) is 14.5. The van der Waals surface area contributed by atoms with Crippen LogP contribution in [-0.2, 0) is 6.54 Å². The normalized spacial score (nSPS) is 10.2. The van der Waals surface area contributed by atoms with E-state index in [2.05, 4.69) is 5.32 Å². The molecule has 20 heavy (non-hydrogen) atoms. The zero-order valence-electron chi connectivity index (χ0n) is 11.7. The molecule has 2 aromatic carbocycles. The number of hydrogen-bond donors (Lipinski definition) is 1. The fourth-order valence-corrected chi connectivity index (χ4v) is 2.11. The van der Waals surface area contributed by atoms with Crippen molar-refractivity contribution in [3.63, 3.8) is 0 Å². The fraction of sp³-hybridized carbons (Fsp3) is 0.250. The van der Waals surface area contributed by atoms with Gasteiger partial charge in [0.05, 0.1) is 18.7 Å². The SMILES string of the molecule is CCOc1ccc(NCc2cccc(OC)c2)cc1Cl. The second-order valence-electron chi connectivity index (χ2n) is 4.28. The summed E-state index contributed by atoms with van der Waals surface area (Å²) in [5.41, 5.74) is 2.11. The third-order valence-corrected chi connectivity index (χ3v) is 3.16. The summed E-state index contributed by atoms with van der Waals surface area (Å²) >= 11 is 6.15. The van der Waals surface area contributed by atoms with Gasteiger partial charge < -0.3 is 14.8 Å². The number of ether oxygens (including phenoxy) is 2. The molecule has 0 aliphatic rings. The first-order chi connectivity index (χ1) is 9.72. The molecule has 106 valence electrons. The monoisotopic (exact) mass is 291 g/mol. The lowest BCUT2D eigenvalue weighted by atomic mass is 10.2. The summed E-state index contributed by atoms with van der Waals surface area (Å²) in [5, 5.41) is 3.94. The van der Waals surface area contributed by atoms with Crippen molar-refractivity contribution in [2.45, 2.75) is 13.5 Å². The van der Waals surface area contributed by atoms with Gasteiger partial charge in [-0.15, -0.1) is 0 Å². The Morgan fingerprint density at radius 3 is 2.70 bits per heavy atom. The van der Waals surface area contributed by atoms with E-state index in [1.165, 1.54) is 0 Å². The van der Waals surface area contributed by atoms with Crippen molar-refractivity contribution >= 4 is 17.3 Å². The smallest absolute Gasteiger partial charge is 0.138 e. The summed E-state index contributed by atoms with van der Waals surface area (Å²) in [7, 11) is 1.67.